The Morgan fingerprint density at radius 1 is 0.231 bits per heavy atom. The maximum atomic E-state index is 4.18. The molecule has 0 saturated heterocycles. The highest BCUT2D eigenvalue weighted by Gasteiger charge is 1.99. The van der Waals surface area contributed by atoms with Gasteiger partial charge in [-0.2, -0.15) is 0 Å². The van der Waals surface area contributed by atoms with E-state index in [0.717, 1.165) is 17.2 Å². The molecular weight excluding hydrogens is 955 g/mol. The topological polar surface area (TPSA) is 116 Å². The summed E-state index contributed by atoms with van der Waals surface area (Å²) in [5.74, 6) is 4.15. The minimum Gasteiger partial charge on any atom is -0.265 e. The van der Waals surface area contributed by atoms with E-state index in [1.165, 1.54) is 16.7 Å². The van der Waals surface area contributed by atoms with Gasteiger partial charge in [-0.15, -0.1) is 0 Å². The van der Waals surface area contributed by atoms with Crippen LogP contribution in [0.15, 0.2) is 129 Å². The highest BCUT2D eigenvalue weighted by atomic mass is 14.9. The molecule has 6 rings (SSSR count). The molecular formula is C69H135N9. The number of nitrogens with zero attached hydrogens (tertiary/aromatic N) is 9. The van der Waals surface area contributed by atoms with E-state index in [-0.39, 0.29) is 0 Å². The molecule has 0 aliphatic carbocycles. The first-order valence-electron chi connectivity index (χ1n) is 30.8. The summed E-state index contributed by atoms with van der Waals surface area (Å²) < 4.78 is 0. The van der Waals surface area contributed by atoms with Crippen LogP contribution in [0.1, 0.15) is 319 Å². The molecule has 0 amide bonds. The minimum absolute atomic E-state index is 0.436. The second-order valence-corrected chi connectivity index (χ2v) is 14.2. The van der Waals surface area contributed by atoms with E-state index in [1.54, 1.807) is 37.4 Å². The quantitative estimate of drug-likeness (QED) is 0.161. The molecule has 78 heavy (non-hydrogen) atoms. The molecule has 0 aromatic carbocycles. The lowest BCUT2D eigenvalue weighted by molar-refractivity contribution is 0.774. The zero-order valence-electron chi connectivity index (χ0n) is 58.6. The van der Waals surface area contributed by atoms with Gasteiger partial charge in [-0.1, -0.05) is 261 Å². The van der Waals surface area contributed by atoms with Gasteiger partial charge in [-0.3, -0.25) is 15.0 Å². The molecule has 0 spiro atoms. The van der Waals surface area contributed by atoms with E-state index in [2.05, 4.69) is 134 Å². The lowest BCUT2D eigenvalue weighted by Gasteiger charge is -2.01. The van der Waals surface area contributed by atoms with Gasteiger partial charge in [-0.25, -0.2) is 29.9 Å². The molecule has 0 aliphatic rings. The fraction of sp³-hybridized carbons (Fsp3) is 0.609. The first kappa shape index (κ1) is 101. The summed E-state index contributed by atoms with van der Waals surface area (Å²) in [6.07, 6.45) is 21.3. The normalized spacial score (nSPS) is 7.92. The molecule has 6 aromatic rings. The molecule has 0 fully saturated rings. The van der Waals surface area contributed by atoms with Crippen LogP contribution in [0.5, 0.6) is 0 Å². The third-order valence-corrected chi connectivity index (χ3v) is 7.55. The Bertz CT molecular complexity index is 1350. The van der Waals surface area contributed by atoms with Crippen LogP contribution in [0, 0.1) is 0 Å². The number of aromatic nitrogens is 9. The Morgan fingerprint density at radius 2 is 0.603 bits per heavy atom. The Hall–Kier alpha value is -5.31. The van der Waals surface area contributed by atoms with Crippen LogP contribution in [0.2, 0.25) is 0 Å². The van der Waals surface area contributed by atoms with Gasteiger partial charge in [0, 0.05) is 79.3 Å². The molecule has 6 heterocycles. The molecule has 0 N–H and O–H groups in total. The van der Waals surface area contributed by atoms with Crippen molar-refractivity contribution in [1.29, 1.82) is 0 Å². The van der Waals surface area contributed by atoms with E-state index >= 15 is 0 Å². The molecule has 0 atom stereocenters. The number of rotatable bonds is 6. The summed E-state index contributed by atoms with van der Waals surface area (Å²) in [6, 6.07) is 17.9. The Labute approximate surface area is 490 Å². The monoisotopic (exact) mass is 1090 g/mol. The number of pyridine rings is 3. The molecule has 9 heteroatoms. The average molecular weight is 1090 g/mol. The van der Waals surface area contributed by atoms with Gasteiger partial charge in [0.15, 0.2) is 0 Å². The summed E-state index contributed by atoms with van der Waals surface area (Å²) in [4.78, 5) is 35.9. The van der Waals surface area contributed by atoms with E-state index < -0.39 is 0 Å². The summed E-state index contributed by atoms with van der Waals surface area (Å²) in [6.45, 7) is 73.6. The maximum Gasteiger partial charge on any atom is 0.130 e. The van der Waals surface area contributed by atoms with Crippen LogP contribution < -0.4 is 0 Å². The maximum absolute atomic E-state index is 4.18. The van der Waals surface area contributed by atoms with Crippen molar-refractivity contribution >= 4 is 0 Å². The van der Waals surface area contributed by atoms with Crippen LogP contribution in [-0.2, 0) is 0 Å². The van der Waals surface area contributed by atoms with Gasteiger partial charge in [-0.05, 0) is 88.7 Å². The second-order valence-electron chi connectivity index (χ2n) is 14.2. The molecule has 0 unspecified atom stereocenters. The molecule has 6 aromatic heterocycles. The number of hydrogen-bond donors (Lipinski definition) is 0. The van der Waals surface area contributed by atoms with Crippen molar-refractivity contribution < 1.29 is 0 Å². The zero-order chi connectivity index (χ0) is 64.1. The van der Waals surface area contributed by atoms with Crippen molar-refractivity contribution in [3.63, 3.8) is 0 Å². The predicted octanol–water partition coefficient (Wildman–Crippen LogP) is 23.7. The van der Waals surface area contributed by atoms with Gasteiger partial charge in [0.05, 0.1) is 0 Å². The standard InChI is InChI=1S/3C8H11N.3C7H10N2.12C2H6/c1-7(2)8-3-5-9-6-4-8;1-7(2)8-4-3-5-9-6-8;1-7(2)8-5-3-4-6-9-8;1-6(2)7-3-8-5-9-4-7;1-6(2)7-3-4-8-5-9-7;1-6(2)7-8-4-3-5-9-7;12*1-2/h3*3-7H,1-2H3;3*3-6H,1-2H3;12*1-2H3. The fourth-order valence-corrected chi connectivity index (χ4v) is 4.04. The molecule has 9 nitrogen and oxygen atoms in total. The molecule has 0 aliphatic heterocycles. The predicted molar refractivity (Wildman–Crippen MR) is 360 cm³/mol. The van der Waals surface area contributed by atoms with Gasteiger partial charge in [0.1, 0.15) is 18.5 Å². The third kappa shape index (κ3) is 77.2. The SMILES string of the molecule is CC.CC.CC.CC.CC.CC.CC.CC.CC.CC.CC.CC.CC(C)c1ccccn1.CC(C)c1cccnc1.CC(C)c1ccncc1.CC(C)c1ccncn1.CC(C)c1cncnc1.CC(C)c1ncccn1. The van der Waals surface area contributed by atoms with Crippen molar-refractivity contribution in [2.75, 3.05) is 0 Å². The average Bonchev–Trinajstić information content (AvgIpc) is 3.55. The van der Waals surface area contributed by atoms with Gasteiger partial charge in [0.25, 0.3) is 0 Å². The van der Waals surface area contributed by atoms with Crippen LogP contribution in [0.3, 0.4) is 0 Å². The first-order chi connectivity index (χ1) is 37.8. The fourth-order valence-electron chi connectivity index (χ4n) is 4.04. The van der Waals surface area contributed by atoms with Crippen molar-refractivity contribution in [1.82, 2.24) is 44.9 Å². The Balaban J connectivity index is -0.0000000621. The van der Waals surface area contributed by atoms with Crippen LogP contribution >= 0.6 is 0 Å². The Morgan fingerprint density at radius 3 is 0.833 bits per heavy atom. The third-order valence-electron chi connectivity index (χ3n) is 7.55. The molecule has 0 radical (unpaired) electrons. The smallest absolute Gasteiger partial charge is 0.130 e. The Kier molecular flexibility index (Phi) is 126. The second kappa shape index (κ2) is 97.3. The summed E-state index contributed by atoms with van der Waals surface area (Å²) in [7, 11) is 0. The van der Waals surface area contributed by atoms with Gasteiger partial charge in [0.2, 0.25) is 0 Å². The van der Waals surface area contributed by atoms with Crippen LogP contribution in [0.25, 0.3) is 0 Å². The van der Waals surface area contributed by atoms with E-state index in [1.807, 2.05) is 252 Å². The highest BCUT2D eigenvalue weighted by Crippen LogP contribution is 2.12. The van der Waals surface area contributed by atoms with E-state index in [0.29, 0.717) is 35.5 Å². The number of hydrogen-bond acceptors (Lipinski definition) is 9. The summed E-state index contributed by atoms with van der Waals surface area (Å²) in [5, 5.41) is 0. The van der Waals surface area contributed by atoms with E-state index in [9.17, 15) is 0 Å². The van der Waals surface area contributed by atoms with Gasteiger partial charge >= 0.3 is 0 Å². The van der Waals surface area contributed by atoms with Crippen molar-refractivity contribution in [2.45, 2.75) is 285 Å². The summed E-state index contributed by atoms with van der Waals surface area (Å²) in [5.41, 5.74) is 6.11. The largest absolute Gasteiger partial charge is 0.265 e. The van der Waals surface area contributed by atoms with Crippen molar-refractivity contribution in [3.05, 3.63) is 163 Å². The van der Waals surface area contributed by atoms with E-state index in [4.69, 9.17) is 0 Å². The zero-order valence-corrected chi connectivity index (χ0v) is 58.6. The summed E-state index contributed by atoms with van der Waals surface area (Å²) >= 11 is 0. The molecule has 456 valence electrons. The lowest BCUT2D eigenvalue weighted by Crippen LogP contribution is -1.93. The molecule has 0 saturated carbocycles. The van der Waals surface area contributed by atoms with Gasteiger partial charge < -0.3 is 0 Å². The highest BCUT2D eigenvalue weighted by molar-refractivity contribution is 5.14. The first-order valence-corrected chi connectivity index (χ1v) is 30.8. The van der Waals surface area contributed by atoms with Crippen molar-refractivity contribution in [3.8, 4) is 0 Å². The van der Waals surface area contributed by atoms with Crippen molar-refractivity contribution in [2.24, 2.45) is 0 Å². The van der Waals surface area contributed by atoms with Crippen LogP contribution in [0.4, 0.5) is 0 Å². The van der Waals surface area contributed by atoms with Crippen LogP contribution in [-0.4, -0.2) is 44.9 Å². The molecule has 0 bridgehead atoms. The minimum atomic E-state index is 0.436. The lowest BCUT2D eigenvalue weighted by atomic mass is 10.1.